The van der Waals surface area contributed by atoms with Crippen molar-refractivity contribution in [3.8, 4) is 17.2 Å². The molecule has 0 fully saturated rings. The average molecular weight is 437 g/mol. The minimum atomic E-state index is -1.08. The van der Waals surface area contributed by atoms with Crippen LogP contribution in [0.3, 0.4) is 0 Å². The Hall–Kier alpha value is -3.50. The number of hydrogen-bond acceptors (Lipinski definition) is 10. The first-order chi connectivity index (χ1) is 14.6. The maximum absolute atomic E-state index is 12.8. The number of nitrogens with one attached hydrogen (secondary N) is 1. The lowest BCUT2D eigenvalue weighted by Gasteiger charge is -2.39. The summed E-state index contributed by atoms with van der Waals surface area (Å²) in [5, 5.41) is 13.3. The molecule has 0 spiro atoms. The lowest BCUT2D eigenvalue weighted by Crippen LogP contribution is -2.54. The number of carbonyl (C=O) groups excluding carboxylic acids is 4. The molecule has 0 aromatic heterocycles. The molecule has 0 saturated carbocycles. The number of amides is 1. The quantitative estimate of drug-likeness (QED) is 0.483. The Bertz CT molecular complexity index is 927. The van der Waals surface area contributed by atoms with Crippen molar-refractivity contribution in [2.75, 3.05) is 13.4 Å². The van der Waals surface area contributed by atoms with Crippen molar-refractivity contribution in [3.05, 3.63) is 17.2 Å². The molecule has 0 aliphatic carbocycles. The molecule has 11 heteroatoms. The Morgan fingerprint density at radius 1 is 1.16 bits per heavy atom. The third-order valence-electron chi connectivity index (χ3n) is 4.94. The molecule has 1 amide bonds. The van der Waals surface area contributed by atoms with Gasteiger partial charge in [-0.1, -0.05) is 0 Å². The van der Waals surface area contributed by atoms with Gasteiger partial charge < -0.3 is 34.1 Å². The van der Waals surface area contributed by atoms with E-state index in [0.29, 0.717) is 0 Å². The molecule has 2 aliphatic heterocycles. The molecule has 0 radical (unpaired) electrons. The van der Waals surface area contributed by atoms with E-state index >= 15 is 0 Å². The van der Waals surface area contributed by atoms with Gasteiger partial charge in [-0.25, -0.2) is 0 Å². The fourth-order valence-electron chi connectivity index (χ4n) is 3.83. The van der Waals surface area contributed by atoms with Crippen LogP contribution in [0.1, 0.15) is 49.5 Å². The smallest absolute Gasteiger partial charge is 0.303 e. The molecule has 2 aliphatic rings. The topological polar surface area (TPSA) is 147 Å². The van der Waals surface area contributed by atoms with E-state index in [9.17, 15) is 24.3 Å². The molecular formula is C20H23NO10. The highest BCUT2D eigenvalue weighted by Crippen LogP contribution is 2.49. The van der Waals surface area contributed by atoms with Crippen molar-refractivity contribution in [2.24, 2.45) is 0 Å². The number of carbonyl (C=O) groups is 4. The maximum atomic E-state index is 12.8. The van der Waals surface area contributed by atoms with Gasteiger partial charge in [-0.05, 0) is 18.6 Å². The van der Waals surface area contributed by atoms with Crippen LogP contribution in [0.2, 0.25) is 0 Å². The van der Waals surface area contributed by atoms with Gasteiger partial charge in [-0.2, -0.15) is 0 Å². The first-order valence-corrected chi connectivity index (χ1v) is 9.54. The number of fused-ring (bicyclic) bond motifs is 2. The van der Waals surface area contributed by atoms with Gasteiger partial charge in [0.1, 0.15) is 18.8 Å². The lowest BCUT2D eigenvalue weighted by molar-refractivity contribution is -0.167. The van der Waals surface area contributed by atoms with Crippen molar-refractivity contribution in [1.82, 2.24) is 5.32 Å². The summed E-state index contributed by atoms with van der Waals surface area (Å²) in [6.07, 6.45) is -2.01. The predicted molar refractivity (Wildman–Crippen MR) is 102 cm³/mol. The van der Waals surface area contributed by atoms with Crippen LogP contribution < -0.4 is 14.8 Å². The van der Waals surface area contributed by atoms with E-state index in [1.807, 2.05) is 0 Å². The highest BCUT2D eigenvalue weighted by Gasteiger charge is 2.46. The van der Waals surface area contributed by atoms with Gasteiger partial charge in [0, 0.05) is 26.7 Å². The third kappa shape index (κ3) is 4.49. The van der Waals surface area contributed by atoms with Gasteiger partial charge in [-0.3, -0.25) is 19.2 Å². The molecule has 168 valence electrons. The fourth-order valence-corrected chi connectivity index (χ4v) is 3.83. The predicted octanol–water partition coefficient (Wildman–Crippen LogP) is 0.763. The summed E-state index contributed by atoms with van der Waals surface area (Å²) in [4.78, 5) is 47.6. The Morgan fingerprint density at radius 2 is 1.84 bits per heavy atom. The van der Waals surface area contributed by atoms with Gasteiger partial charge in [0.05, 0.1) is 11.6 Å². The number of phenolic OH excluding ortho intramolecular Hbond substituents is 1. The SMILES string of the molecule is CC(=O)OC[C@@H]1NC(=O)c2c(cc3c(c2O)OCO3)[C@H]1[C@@H](OC(C)=O)[C@@H](C)OC(C)=O. The summed E-state index contributed by atoms with van der Waals surface area (Å²) in [6, 6.07) is 0.643. The number of rotatable bonds is 6. The van der Waals surface area contributed by atoms with Gasteiger partial charge in [0.15, 0.2) is 11.5 Å². The molecule has 1 aromatic carbocycles. The van der Waals surface area contributed by atoms with Gasteiger partial charge in [-0.15, -0.1) is 0 Å². The molecular weight excluding hydrogens is 414 g/mol. The van der Waals surface area contributed by atoms with Gasteiger partial charge in [0.2, 0.25) is 12.5 Å². The summed E-state index contributed by atoms with van der Waals surface area (Å²) >= 11 is 0. The second-order valence-electron chi connectivity index (χ2n) is 7.22. The summed E-state index contributed by atoms with van der Waals surface area (Å²) < 4.78 is 26.4. The van der Waals surface area contributed by atoms with E-state index in [4.69, 9.17) is 23.7 Å². The molecule has 1 aromatic rings. The molecule has 0 saturated heterocycles. The Kier molecular flexibility index (Phi) is 6.23. The number of hydrogen-bond donors (Lipinski definition) is 2. The molecule has 31 heavy (non-hydrogen) atoms. The summed E-state index contributed by atoms with van der Waals surface area (Å²) in [5.41, 5.74) is 0.174. The zero-order chi connectivity index (χ0) is 22.9. The van der Waals surface area contributed by atoms with E-state index in [2.05, 4.69) is 5.32 Å². The van der Waals surface area contributed by atoms with Crippen LogP contribution in [0.15, 0.2) is 6.07 Å². The van der Waals surface area contributed by atoms with Crippen molar-refractivity contribution < 1.29 is 48.0 Å². The minimum Gasteiger partial charge on any atom is -0.504 e. The largest absolute Gasteiger partial charge is 0.504 e. The number of ether oxygens (including phenoxy) is 5. The van der Waals surface area contributed by atoms with E-state index in [0.717, 1.165) is 0 Å². The van der Waals surface area contributed by atoms with E-state index in [1.165, 1.54) is 33.8 Å². The molecule has 11 nitrogen and oxygen atoms in total. The number of aromatic hydroxyl groups is 1. The maximum Gasteiger partial charge on any atom is 0.303 e. The lowest BCUT2D eigenvalue weighted by atomic mass is 9.78. The Labute approximate surface area is 177 Å². The van der Waals surface area contributed by atoms with E-state index in [1.54, 1.807) is 0 Å². The van der Waals surface area contributed by atoms with Gasteiger partial charge >= 0.3 is 17.9 Å². The Balaban J connectivity index is 2.15. The third-order valence-corrected chi connectivity index (χ3v) is 4.94. The van der Waals surface area contributed by atoms with Crippen LogP contribution in [-0.4, -0.2) is 60.6 Å². The first-order valence-electron chi connectivity index (χ1n) is 9.54. The highest BCUT2D eigenvalue weighted by atomic mass is 16.7. The molecule has 3 rings (SSSR count). The summed E-state index contributed by atoms with van der Waals surface area (Å²) in [7, 11) is 0. The number of esters is 3. The second-order valence-corrected chi connectivity index (χ2v) is 7.22. The Morgan fingerprint density at radius 3 is 2.45 bits per heavy atom. The van der Waals surface area contributed by atoms with Crippen molar-refractivity contribution >= 4 is 23.8 Å². The fraction of sp³-hybridized carbons (Fsp3) is 0.500. The second kappa shape index (κ2) is 8.70. The highest BCUT2D eigenvalue weighted by molar-refractivity contribution is 6.01. The molecule has 2 N–H and O–H groups in total. The standard InChI is InChI=1S/C20H23NO10/c1-8(30-10(3)23)18(31-11(4)24)15-12-5-14-19(29-7-28-14)17(25)16(12)20(26)21-13(15)6-27-9(2)22/h5,8,13,15,18,25H,6-7H2,1-4H3,(H,21,26)/t8-,13+,15-,18+/m1/s1. The van der Waals surface area contributed by atoms with Crippen molar-refractivity contribution in [2.45, 2.75) is 51.9 Å². The molecule has 4 atom stereocenters. The van der Waals surface area contributed by atoms with Crippen molar-refractivity contribution in [1.29, 1.82) is 0 Å². The monoisotopic (exact) mass is 437 g/mol. The zero-order valence-electron chi connectivity index (χ0n) is 17.4. The van der Waals surface area contributed by atoms with Crippen LogP contribution in [0.5, 0.6) is 17.2 Å². The number of phenols is 1. The van der Waals surface area contributed by atoms with Crippen LogP contribution >= 0.6 is 0 Å². The van der Waals surface area contributed by atoms with Crippen LogP contribution in [0, 0.1) is 0 Å². The molecule has 0 bridgehead atoms. The number of benzene rings is 1. The normalized spacial score (nSPS) is 20.7. The first kappa shape index (κ1) is 22.2. The average Bonchev–Trinajstić information content (AvgIpc) is 3.13. The van der Waals surface area contributed by atoms with Crippen LogP contribution in [0.25, 0.3) is 0 Å². The minimum absolute atomic E-state index is 0.0168. The molecule has 2 heterocycles. The summed E-state index contributed by atoms with van der Waals surface area (Å²) in [5.74, 6) is -3.54. The molecule has 0 unspecified atom stereocenters. The van der Waals surface area contributed by atoms with Crippen LogP contribution in [-0.2, 0) is 28.6 Å². The van der Waals surface area contributed by atoms with Gasteiger partial charge in [0.25, 0.3) is 5.91 Å². The zero-order valence-corrected chi connectivity index (χ0v) is 17.4. The van der Waals surface area contributed by atoms with E-state index < -0.39 is 53.7 Å². The summed E-state index contributed by atoms with van der Waals surface area (Å²) in [6.45, 7) is 4.74. The van der Waals surface area contributed by atoms with Crippen LogP contribution in [0.4, 0.5) is 0 Å². The van der Waals surface area contributed by atoms with E-state index in [-0.39, 0.29) is 36.0 Å². The van der Waals surface area contributed by atoms with Crippen molar-refractivity contribution in [3.63, 3.8) is 0 Å².